The fourth-order valence-corrected chi connectivity index (χ4v) is 2.32. The largest absolute Gasteiger partial charge is 0.355 e. The zero-order valence-electron chi connectivity index (χ0n) is 12.8. The summed E-state index contributed by atoms with van der Waals surface area (Å²) < 4.78 is 0. The van der Waals surface area contributed by atoms with Gasteiger partial charge in [0.2, 0.25) is 5.91 Å². The maximum atomic E-state index is 11.5. The lowest BCUT2D eigenvalue weighted by Gasteiger charge is -2.28. The Balaban J connectivity index is 2.88. The van der Waals surface area contributed by atoms with Crippen LogP contribution in [0.25, 0.3) is 0 Å². The number of nitrogens with two attached hydrogens (primary N) is 1. The lowest BCUT2D eigenvalue weighted by atomic mass is 9.80. The Labute approximate surface area is 116 Å². The van der Waals surface area contributed by atoms with Gasteiger partial charge in [0, 0.05) is 24.9 Å². The molecule has 0 aliphatic carbocycles. The summed E-state index contributed by atoms with van der Waals surface area (Å²) in [6.07, 6.45) is 0.391. The maximum absolute atomic E-state index is 11.5. The Morgan fingerprint density at radius 2 is 1.74 bits per heavy atom. The molecule has 0 saturated heterocycles. The van der Waals surface area contributed by atoms with Crippen LogP contribution in [-0.2, 0) is 10.2 Å². The lowest BCUT2D eigenvalue weighted by molar-refractivity contribution is -0.121. The molecule has 3 N–H and O–H groups in total. The van der Waals surface area contributed by atoms with E-state index in [-0.39, 0.29) is 11.3 Å². The molecule has 3 heteroatoms. The molecule has 0 aliphatic heterocycles. The lowest BCUT2D eigenvalue weighted by Crippen LogP contribution is -2.37. The summed E-state index contributed by atoms with van der Waals surface area (Å²) in [6.45, 7) is 11.7. The highest BCUT2D eigenvalue weighted by Gasteiger charge is 2.23. The molecule has 1 aromatic rings. The van der Waals surface area contributed by atoms with E-state index in [4.69, 9.17) is 5.73 Å². The number of rotatable bonds is 5. The topological polar surface area (TPSA) is 55.1 Å². The van der Waals surface area contributed by atoms with Gasteiger partial charge in [-0.05, 0) is 43.0 Å². The van der Waals surface area contributed by atoms with Crippen molar-refractivity contribution in [3.8, 4) is 0 Å². The third-order valence-corrected chi connectivity index (χ3v) is 3.67. The predicted molar refractivity (Wildman–Crippen MR) is 80.4 cm³/mol. The van der Waals surface area contributed by atoms with Gasteiger partial charge in [-0.3, -0.25) is 4.79 Å². The normalized spacial score (nSPS) is 11.5. The van der Waals surface area contributed by atoms with Crippen LogP contribution >= 0.6 is 0 Å². The quantitative estimate of drug-likeness (QED) is 0.856. The summed E-state index contributed by atoms with van der Waals surface area (Å²) in [6, 6.07) is 4.45. The van der Waals surface area contributed by atoms with E-state index in [1.165, 1.54) is 22.3 Å². The average Bonchev–Trinajstić information content (AvgIpc) is 2.31. The van der Waals surface area contributed by atoms with Gasteiger partial charge in [-0.2, -0.15) is 0 Å². The smallest absolute Gasteiger partial charge is 0.221 e. The van der Waals surface area contributed by atoms with E-state index in [9.17, 15) is 4.79 Å². The van der Waals surface area contributed by atoms with Gasteiger partial charge in [0.25, 0.3) is 0 Å². The highest BCUT2D eigenvalue weighted by molar-refractivity contribution is 5.76. The number of hydrogen-bond donors (Lipinski definition) is 2. The van der Waals surface area contributed by atoms with E-state index in [1.807, 2.05) is 0 Å². The third kappa shape index (κ3) is 4.06. The van der Waals surface area contributed by atoms with Gasteiger partial charge >= 0.3 is 0 Å². The van der Waals surface area contributed by atoms with Crippen molar-refractivity contribution < 1.29 is 4.79 Å². The van der Waals surface area contributed by atoms with Gasteiger partial charge in [0.1, 0.15) is 0 Å². The van der Waals surface area contributed by atoms with Gasteiger partial charge in [0.15, 0.2) is 0 Å². The van der Waals surface area contributed by atoms with Crippen LogP contribution in [0.15, 0.2) is 12.1 Å². The van der Waals surface area contributed by atoms with E-state index in [1.54, 1.807) is 0 Å². The maximum Gasteiger partial charge on any atom is 0.221 e. The summed E-state index contributed by atoms with van der Waals surface area (Å²) in [5, 5.41) is 2.96. The Bertz CT molecular complexity index is 464. The Hall–Kier alpha value is -1.35. The zero-order chi connectivity index (χ0) is 14.6. The van der Waals surface area contributed by atoms with Crippen molar-refractivity contribution in [2.24, 2.45) is 5.73 Å². The minimum atomic E-state index is -0.0766. The van der Waals surface area contributed by atoms with E-state index in [2.05, 4.69) is 52.1 Å². The summed E-state index contributed by atoms with van der Waals surface area (Å²) in [5.74, 6) is 0.0251. The molecule has 3 nitrogen and oxygen atoms in total. The van der Waals surface area contributed by atoms with Crippen LogP contribution < -0.4 is 11.1 Å². The molecule has 0 aliphatic rings. The molecule has 0 fully saturated rings. The first-order chi connectivity index (χ1) is 8.77. The highest BCUT2D eigenvalue weighted by atomic mass is 16.1. The van der Waals surface area contributed by atoms with Gasteiger partial charge in [-0.1, -0.05) is 26.0 Å². The van der Waals surface area contributed by atoms with E-state index in [0.717, 1.165) is 0 Å². The number of hydrogen-bond acceptors (Lipinski definition) is 2. The molecule has 0 aromatic heterocycles. The highest BCUT2D eigenvalue weighted by Crippen LogP contribution is 2.28. The molecule has 0 bridgehead atoms. The van der Waals surface area contributed by atoms with E-state index < -0.39 is 0 Å². The number of amides is 1. The first kappa shape index (κ1) is 15.7. The molecule has 0 atom stereocenters. The fourth-order valence-electron chi connectivity index (χ4n) is 2.32. The molecule has 0 radical (unpaired) electrons. The Morgan fingerprint density at radius 1 is 1.16 bits per heavy atom. The number of aryl methyl sites for hydroxylation is 3. The molecule has 106 valence electrons. The van der Waals surface area contributed by atoms with Crippen molar-refractivity contribution in [1.82, 2.24) is 5.32 Å². The van der Waals surface area contributed by atoms with E-state index in [0.29, 0.717) is 19.5 Å². The van der Waals surface area contributed by atoms with Gasteiger partial charge in [-0.15, -0.1) is 0 Å². The Morgan fingerprint density at radius 3 is 2.32 bits per heavy atom. The second-order valence-corrected chi connectivity index (χ2v) is 5.95. The average molecular weight is 262 g/mol. The minimum Gasteiger partial charge on any atom is -0.355 e. The van der Waals surface area contributed by atoms with Crippen LogP contribution in [-0.4, -0.2) is 19.0 Å². The van der Waals surface area contributed by atoms with Crippen LogP contribution in [0.2, 0.25) is 0 Å². The van der Waals surface area contributed by atoms with Crippen LogP contribution in [0.3, 0.4) is 0 Å². The molecular formula is C16H26N2O. The van der Waals surface area contributed by atoms with Crippen molar-refractivity contribution in [3.63, 3.8) is 0 Å². The van der Waals surface area contributed by atoms with Gasteiger partial charge in [-0.25, -0.2) is 0 Å². The van der Waals surface area contributed by atoms with Crippen molar-refractivity contribution in [2.45, 2.75) is 46.5 Å². The van der Waals surface area contributed by atoms with Crippen LogP contribution in [0, 0.1) is 20.8 Å². The number of benzene rings is 1. The fraction of sp³-hybridized carbons (Fsp3) is 0.562. The van der Waals surface area contributed by atoms with Gasteiger partial charge in [0.05, 0.1) is 0 Å². The van der Waals surface area contributed by atoms with E-state index >= 15 is 0 Å². The van der Waals surface area contributed by atoms with Crippen LogP contribution in [0.4, 0.5) is 0 Å². The Kier molecular flexibility index (Phi) is 5.12. The summed E-state index contributed by atoms with van der Waals surface area (Å²) in [7, 11) is 0. The summed E-state index contributed by atoms with van der Waals surface area (Å²) in [5.41, 5.74) is 10.5. The number of carbonyl (C=O) groups excluding carboxylic acids is 1. The minimum absolute atomic E-state index is 0.0251. The monoisotopic (exact) mass is 262 g/mol. The molecule has 1 aromatic carbocycles. The molecule has 0 spiro atoms. The third-order valence-electron chi connectivity index (χ3n) is 3.67. The predicted octanol–water partition coefficient (Wildman–Crippen LogP) is 2.35. The first-order valence-electron chi connectivity index (χ1n) is 6.83. The molecule has 0 saturated carbocycles. The number of carbonyl (C=O) groups is 1. The molecule has 1 amide bonds. The van der Waals surface area contributed by atoms with Gasteiger partial charge < -0.3 is 11.1 Å². The van der Waals surface area contributed by atoms with Crippen molar-refractivity contribution in [3.05, 3.63) is 34.4 Å². The second kappa shape index (κ2) is 6.20. The second-order valence-electron chi connectivity index (χ2n) is 5.95. The zero-order valence-corrected chi connectivity index (χ0v) is 12.8. The van der Waals surface area contributed by atoms with Crippen molar-refractivity contribution in [2.75, 3.05) is 13.1 Å². The van der Waals surface area contributed by atoms with Crippen LogP contribution in [0.5, 0.6) is 0 Å². The molecule has 0 unspecified atom stereocenters. The van der Waals surface area contributed by atoms with Crippen molar-refractivity contribution in [1.29, 1.82) is 0 Å². The number of nitrogens with one attached hydrogen (secondary N) is 1. The molecule has 19 heavy (non-hydrogen) atoms. The molecular weight excluding hydrogens is 236 g/mol. The molecule has 1 rings (SSSR count). The SMILES string of the molecule is Cc1cc(C)c(C(C)(C)CNC(=O)CCN)cc1C. The van der Waals surface area contributed by atoms with Crippen molar-refractivity contribution >= 4 is 5.91 Å². The standard InChI is InChI=1S/C16H26N2O/c1-11-8-13(3)14(9-12(11)2)16(4,5)10-18-15(19)6-7-17/h8-9H,6-7,10,17H2,1-5H3,(H,18,19). The first-order valence-corrected chi connectivity index (χ1v) is 6.83. The summed E-state index contributed by atoms with van der Waals surface area (Å²) in [4.78, 5) is 11.5. The molecule has 0 heterocycles. The van der Waals surface area contributed by atoms with Crippen LogP contribution in [0.1, 0.15) is 42.5 Å². The summed E-state index contributed by atoms with van der Waals surface area (Å²) >= 11 is 0.